The number of rotatable bonds is 7. The van der Waals surface area contributed by atoms with E-state index in [1.807, 2.05) is 13.0 Å². The Bertz CT molecular complexity index is 878. The Balaban J connectivity index is 2.28. The quantitative estimate of drug-likeness (QED) is 0.538. The number of nitrogens with zero attached hydrogens (tertiary/aromatic N) is 1. The molecular formula is C21H34N2O5Si. The van der Waals surface area contributed by atoms with E-state index in [0.717, 1.165) is 6.42 Å². The second-order valence-electron chi connectivity index (χ2n) is 9.23. The van der Waals surface area contributed by atoms with Gasteiger partial charge in [0.05, 0.1) is 18.6 Å². The maximum absolute atomic E-state index is 12.8. The molecule has 1 saturated heterocycles. The molecule has 0 unspecified atom stereocenters. The molecule has 0 aliphatic carbocycles. The van der Waals surface area contributed by atoms with Gasteiger partial charge in [-0.15, -0.1) is 0 Å². The minimum atomic E-state index is -2.02. The van der Waals surface area contributed by atoms with Gasteiger partial charge in [-0.3, -0.25) is 19.1 Å². The van der Waals surface area contributed by atoms with Gasteiger partial charge < -0.3 is 9.16 Å². The fourth-order valence-corrected chi connectivity index (χ4v) is 4.03. The van der Waals surface area contributed by atoms with Gasteiger partial charge in [-0.25, -0.2) is 4.79 Å². The number of carbonyl (C=O) groups excluding carboxylic acids is 1. The van der Waals surface area contributed by atoms with E-state index in [0.29, 0.717) is 18.6 Å². The molecule has 7 nitrogen and oxygen atoms in total. The van der Waals surface area contributed by atoms with Crippen LogP contribution in [0.4, 0.5) is 0 Å². The fourth-order valence-electron chi connectivity index (χ4n) is 3.02. The Labute approximate surface area is 173 Å². The van der Waals surface area contributed by atoms with E-state index in [4.69, 9.17) is 9.16 Å². The van der Waals surface area contributed by atoms with Crippen molar-refractivity contribution < 1.29 is 14.0 Å². The molecule has 0 bridgehead atoms. The molecule has 1 N–H and O–H groups in total. The van der Waals surface area contributed by atoms with Crippen LogP contribution in [0.25, 0.3) is 0 Å². The van der Waals surface area contributed by atoms with Crippen molar-refractivity contribution in [3.05, 3.63) is 44.8 Å². The Morgan fingerprint density at radius 3 is 2.62 bits per heavy atom. The zero-order valence-electron chi connectivity index (χ0n) is 18.6. The number of nitrogens with one attached hydrogen (secondary N) is 1. The maximum atomic E-state index is 12.8. The first kappa shape index (κ1) is 23.5. The molecule has 0 spiro atoms. The van der Waals surface area contributed by atoms with Gasteiger partial charge >= 0.3 is 5.69 Å². The SMILES string of the molecule is CCC=CC(=O)[C@H]1C[C@H](n2cc(C)c(=O)[nH]c2=O)O[C@@H]1CO[Si](C)(C)C(C)(C)C. The maximum Gasteiger partial charge on any atom is 0.330 e. The Hall–Kier alpha value is -1.77. The number of ketones is 1. The topological polar surface area (TPSA) is 90.4 Å². The molecule has 162 valence electrons. The number of carbonyl (C=O) groups is 1. The normalized spacial score (nSPS) is 23.1. The average Bonchev–Trinajstić information content (AvgIpc) is 3.04. The van der Waals surface area contributed by atoms with Crippen LogP contribution in [0.1, 0.15) is 52.3 Å². The lowest BCUT2D eigenvalue weighted by molar-refractivity contribution is -0.120. The van der Waals surface area contributed by atoms with E-state index in [9.17, 15) is 14.4 Å². The minimum absolute atomic E-state index is 0.0209. The van der Waals surface area contributed by atoms with Gasteiger partial charge in [0, 0.05) is 18.2 Å². The molecule has 29 heavy (non-hydrogen) atoms. The molecule has 8 heteroatoms. The fraction of sp³-hybridized carbons (Fsp3) is 0.667. The van der Waals surface area contributed by atoms with Crippen molar-refractivity contribution in [3.8, 4) is 0 Å². The number of allylic oxidation sites excluding steroid dienone is 2. The van der Waals surface area contributed by atoms with Gasteiger partial charge in [0.2, 0.25) is 0 Å². The van der Waals surface area contributed by atoms with E-state index in [1.54, 1.807) is 13.0 Å². The van der Waals surface area contributed by atoms with Crippen molar-refractivity contribution in [3.63, 3.8) is 0 Å². The van der Waals surface area contributed by atoms with Gasteiger partial charge in [0.25, 0.3) is 5.56 Å². The standard InChI is InChI=1S/C21H34N2O5Si/c1-8-9-10-16(24)15-11-18(23-12-14(2)19(25)22-20(23)26)28-17(15)13-27-29(6,7)21(3,4)5/h9-10,12,15,17-18H,8,11,13H2,1-7H3,(H,22,25,26)/t15-,17-,18-/m1/s1. The molecule has 1 aromatic rings. The van der Waals surface area contributed by atoms with Gasteiger partial charge in [0.1, 0.15) is 6.23 Å². The zero-order chi connectivity index (χ0) is 22.0. The molecule has 2 rings (SSSR count). The third kappa shape index (κ3) is 5.43. The van der Waals surface area contributed by atoms with E-state index in [-0.39, 0.29) is 10.8 Å². The van der Waals surface area contributed by atoms with Crippen molar-refractivity contribution in [2.24, 2.45) is 5.92 Å². The van der Waals surface area contributed by atoms with Gasteiger partial charge in [0.15, 0.2) is 14.1 Å². The van der Waals surface area contributed by atoms with E-state index in [1.165, 1.54) is 10.8 Å². The molecule has 2 heterocycles. The third-order valence-electron chi connectivity index (χ3n) is 5.99. The summed E-state index contributed by atoms with van der Waals surface area (Å²) in [4.78, 5) is 39.0. The van der Waals surface area contributed by atoms with E-state index < -0.39 is 37.8 Å². The molecule has 1 aliphatic heterocycles. The molecule has 1 aromatic heterocycles. The van der Waals surface area contributed by atoms with Crippen LogP contribution < -0.4 is 11.2 Å². The number of hydrogen-bond acceptors (Lipinski definition) is 5. The summed E-state index contributed by atoms with van der Waals surface area (Å²) in [5.41, 5.74) is -0.532. The predicted octanol–water partition coefficient (Wildman–Crippen LogP) is 3.31. The number of aryl methyl sites for hydroxylation is 1. The number of aromatic nitrogens is 2. The van der Waals surface area contributed by atoms with Crippen LogP contribution in [0.15, 0.2) is 27.9 Å². The second-order valence-corrected chi connectivity index (χ2v) is 14.0. The molecule has 0 amide bonds. The molecule has 1 aliphatic rings. The van der Waals surface area contributed by atoms with Crippen LogP contribution in [0.3, 0.4) is 0 Å². The largest absolute Gasteiger partial charge is 0.414 e. The van der Waals surface area contributed by atoms with Crippen molar-refractivity contribution in [2.45, 2.75) is 77.9 Å². The first-order valence-electron chi connectivity index (χ1n) is 10.2. The predicted molar refractivity (Wildman–Crippen MR) is 116 cm³/mol. The highest BCUT2D eigenvalue weighted by molar-refractivity contribution is 6.74. The van der Waals surface area contributed by atoms with Crippen molar-refractivity contribution in [1.82, 2.24) is 9.55 Å². The highest BCUT2D eigenvalue weighted by atomic mass is 28.4. The van der Waals surface area contributed by atoms with Crippen LogP contribution in [-0.4, -0.2) is 36.4 Å². The first-order chi connectivity index (χ1) is 13.4. The lowest BCUT2D eigenvalue weighted by Gasteiger charge is -2.37. The first-order valence-corrected chi connectivity index (χ1v) is 13.1. The monoisotopic (exact) mass is 422 g/mol. The summed E-state index contributed by atoms with van der Waals surface area (Å²) in [7, 11) is -2.02. The van der Waals surface area contributed by atoms with E-state index >= 15 is 0 Å². The Kier molecular flexibility index (Phi) is 7.24. The lowest BCUT2D eigenvalue weighted by atomic mass is 9.95. The van der Waals surface area contributed by atoms with Crippen LogP contribution in [-0.2, 0) is 14.0 Å². The third-order valence-corrected chi connectivity index (χ3v) is 10.5. The molecule has 0 aromatic carbocycles. The van der Waals surface area contributed by atoms with Crippen LogP contribution in [0.2, 0.25) is 18.1 Å². The lowest BCUT2D eigenvalue weighted by Crippen LogP contribution is -2.43. The molecule has 3 atom stereocenters. The summed E-state index contributed by atoms with van der Waals surface area (Å²) in [6.07, 6.45) is 4.99. The summed E-state index contributed by atoms with van der Waals surface area (Å²) in [5, 5.41) is 0.0413. The molecule has 0 radical (unpaired) electrons. The average molecular weight is 423 g/mol. The Morgan fingerprint density at radius 1 is 1.38 bits per heavy atom. The van der Waals surface area contributed by atoms with Crippen LogP contribution in [0, 0.1) is 12.8 Å². The van der Waals surface area contributed by atoms with Gasteiger partial charge in [-0.2, -0.15) is 0 Å². The zero-order valence-corrected chi connectivity index (χ0v) is 19.6. The molecule has 1 fully saturated rings. The summed E-state index contributed by atoms with van der Waals surface area (Å²) in [5.74, 6) is -0.418. The van der Waals surface area contributed by atoms with Crippen LogP contribution >= 0.6 is 0 Å². The highest BCUT2D eigenvalue weighted by Crippen LogP contribution is 2.39. The summed E-state index contributed by atoms with van der Waals surface area (Å²) >= 11 is 0. The van der Waals surface area contributed by atoms with Crippen molar-refractivity contribution >= 4 is 14.1 Å². The summed E-state index contributed by atoms with van der Waals surface area (Å²) < 4.78 is 13.8. The number of aromatic amines is 1. The molecule has 0 saturated carbocycles. The number of hydrogen-bond donors (Lipinski definition) is 1. The smallest absolute Gasteiger partial charge is 0.330 e. The minimum Gasteiger partial charge on any atom is -0.414 e. The highest BCUT2D eigenvalue weighted by Gasteiger charge is 2.43. The number of ether oxygens (including phenoxy) is 1. The molecular weight excluding hydrogens is 388 g/mol. The summed E-state index contributed by atoms with van der Waals surface area (Å²) in [6.45, 7) is 14.7. The Morgan fingerprint density at radius 2 is 2.03 bits per heavy atom. The van der Waals surface area contributed by atoms with E-state index in [2.05, 4.69) is 38.8 Å². The van der Waals surface area contributed by atoms with Crippen LogP contribution in [0.5, 0.6) is 0 Å². The number of H-pyrrole nitrogens is 1. The summed E-state index contributed by atoms with van der Waals surface area (Å²) in [6, 6.07) is 0. The van der Waals surface area contributed by atoms with Crippen molar-refractivity contribution in [2.75, 3.05) is 6.61 Å². The van der Waals surface area contributed by atoms with Gasteiger partial charge in [-0.1, -0.05) is 33.8 Å². The van der Waals surface area contributed by atoms with Gasteiger partial charge in [-0.05, 0) is 37.6 Å². The second kappa shape index (κ2) is 8.93. The van der Waals surface area contributed by atoms with Crippen molar-refractivity contribution in [1.29, 1.82) is 0 Å².